The lowest BCUT2D eigenvalue weighted by atomic mass is 10.0. The van der Waals surface area contributed by atoms with E-state index in [4.69, 9.17) is 9.47 Å². The Labute approximate surface area is 262 Å². The van der Waals surface area contributed by atoms with Gasteiger partial charge in [-0.05, 0) is 53.9 Å². The maximum Gasteiger partial charge on any atom is 0.233 e. The van der Waals surface area contributed by atoms with Gasteiger partial charge in [-0.25, -0.2) is 0 Å². The molecule has 230 valence electrons. The van der Waals surface area contributed by atoms with Crippen LogP contribution >= 0.6 is 0 Å². The minimum absolute atomic E-state index is 0.113. The van der Waals surface area contributed by atoms with Gasteiger partial charge in [-0.15, -0.1) is 0 Å². The molecule has 0 amide bonds. The fourth-order valence-corrected chi connectivity index (χ4v) is 4.41. The molecule has 0 saturated carbocycles. The van der Waals surface area contributed by atoms with Crippen LogP contribution in [0, 0.1) is 0 Å². The highest BCUT2D eigenvalue weighted by molar-refractivity contribution is 5.96. The van der Waals surface area contributed by atoms with Gasteiger partial charge in [0.1, 0.15) is 5.75 Å². The molecular formula is C35H36N6O4. The summed E-state index contributed by atoms with van der Waals surface area (Å²) >= 11 is 0. The van der Waals surface area contributed by atoms with E-state index >= 15 is 0 Å². The number of phenols is 1. The number of anilines is 5. The standard InChI is InChI=1S/C35H36N6O4/c42-31-19-17-30(18-20-31)38-35-40-33(39-34(41-35)37-29-10-5-2-6-11-29)36-21-23-45-25-24-44-22-7-12-32(43)28-15-13-27(14-16-28)26-8-3-1-4-9-26/h1-6,8-11,13-20,42H,7,12,21-25H2,(H3,36,37,38,39,40,41). The van der Waals surface area contributed by atoms with Crippen molar-refractivity contribution < 1.29 is 19.4 Å². The molecule has 10 nitrogen and oxygen atoms in total. The average Bonchev–Trinajstić information content (AvgIpc) is 3.07. The molecule has 1 heterocycles. The Balaban J connectivity index is 0.994. The van der Waals surface area contributed by atoms with Gasteiger partial charge in [0.15, 0.2) is 5.78 Å². The van der Waals surface area contributed by atoms with Gasteiger partial charge >= 0.3 is 0 Å². The summed E-state index contributed by atoms with van der Waals surface area (Å²) in [4.78, 5) is 25.9. The van der Waals surface area contributed by atoms with Crippen molar-refractivity contribution in [3.05, 3.63) is 115 Å². The van der Waals surface area contributed by atoms with Gasteiger partial charge in [-0.2, -0.15) is 15.0 Å². The normalized spacial score (nSPS) is 10.8. The van der Waals surface area contributed by atoms with E-state index in [2.05, 4.69) is 43.0 Å². The number of hydrogen-bond acceptors (Lipinski definition) is 10. The molecule has 10 heteroatoms. The monoisotopic (exact) mass is 604 g/mol. The zero-order chi connectivity index (χ0) is 31.1. The Morgan fingerprint density at radius 2 is 1.16 bits per heavy atom. The number of carbonyl (C=O) groups excluding carboxylic acids is 1. The molecule has 0 bridgehead atoms. The summed E-state index contributed by atoms with van der Waals surface area (Å²) < 4.78 is 11.3. The third-order valence-corrected chi connectivity index (χ3v) is 6.70. The van der Waals surface area contributed by atoms with Gasteiger partial charge in [0.25, 0.3) is 0 Å². The number of rotatable bonds is 17. The zero-order valence-corrected chi connectivity index (χ0v) is 24.9. The predicted molar refractivity (Wildman–Crippen MR) is 177 cm³/mol. The summed E-state index contributed by atoms with van der Waals surface area (Å²) in [6, 6.07) is 34.1. The summed E-state index contributed by atoms with van der Waals surface area (Å²) in [7, 11) is 0. The van der Waals surface area contributed by atoms with Crippen molar-refractivity contribution in [3.63, 3.8) is 0 Å². The van der Waals surface area contributed by atoms with E-state index in [1.54, 1.807) is 24.3 Å². The first-order valence-electron chi connectivity index (χ1n) is 14.8. The molecule has 0 aliphatic rings. The largest absolute Gasteiger partial charge is 0.508 e. The Hall–Kier alpha value is -5.32. The Kier molecular flexibility index (Phi) is 11.4. The van der Waals surface area contributed by atoms with Crippen molar-refractivity contribution in [1.29, 1.82) is 0 Å². The Morgan fingerprint density at radius 1 is 0.600 bits per heavy atom. The van der Waals surface area contributed by atoms with E-state index in [0.29, 0.717) is 63.7 Å². The summed E-state index contributed by atoms with van der Waals surface area (Å²) in [5.41, 5.74) is 4.51. The molecule has 0 aliphatic heterocycles. The Bertz CT molecular complexity index is 1620. The number of ether oxygens (including phenoxy) is 2. The average molecular weight is 605 g/mol. The molecule has 0 fully saturated rings. The van der Waals surface area contributed by atoms with E-state index in [0.717, 1.165) is 28.1 Å². The highest BCUT2D eigenvalue weighted by atomic mass is 16.5. The van der Waals surface area contributed by atoms with E-state index in [1.807, 2.05) is 72.8 Å². The lowest BCUT2D eigenvalue weighted by Crippen LogP contribution is -2.15. The summed E-state index contributed by atoms with van der Waals surface area (Å²) in [6.07, 6.45) is 1.09. The van der Waals surface area contributed by atoms with Crippen molar-refractivity contribution in [3.8, 4) is 16.9 Å². The molecular weight excluding hydrogens is 568 g/mol. The number of nitrogens with zero attached hydrogens (tertiary/aromatic N) is 3. The van der Waals surface area contributed by atoms with Crippen LogP contribution in [0.5, 0.6) is 5.75 Å². The summed E-state index contributed by atoms with van der Waals surface area (Å²) in [5, 5.41) is 19.1. The SMILES string of the molecule is O=C(CCCOCCOCCNc1nc(Nc2ccccc2)nc(Nc2ccc(O)cc2)n1)c1ccc(-c2ccccc2)cc1. The fourth-order valence-electron chi connectivity index (χ4n) is 4.41. The lowest BCUT2D eigenvalue weighted by Gasteiger charge is -2.12. The van der Waals surface area contributed by atoms with Crippen LogP contribution in [0.25, 0.3) is 11.1 Å². The van der Waals surface area contributed by atoms with Crippen molar-refractivity contribution in [2.45, 2.75) is 12.8 Å². The second-order valence-corrected chi connectivity index (χ2v) is 10.1. The van der Waals surface area contributed by atoms with Crippen LogP contribution in [-0.4, -0.2) is 58.8 Å². The number of hydrogen-bond donors (Lipinski definition) is 4. The van der Waals surface area contributed by atoms with Crippen LogP contribution in [0.15, 0.2) is 109 Å². The fraction of sp³-hybridized carbons (Fsp3) is 0.200. The molecule has 0 atom stereocenters. The summed E-state index contributed by atoms with van der Waals surface area (Å²) in [5.74, 6) is 1.38. The van der Waals surface area contributed by atoms with Gasteiger partial charge < -0.3 is 30.5 Å². The number of Topliss-reactive ketones (excluding diaryl/α,β-unsaturated/α-hetero) is 1. The molecule has 45 heavy (non-hydrogen) atoms. The van der Waals surface area contributed by atoms with Gasteiger partial charge in [0.05, 0.1) is 19.8 Å². The van der Waals surface area contributed by atoms with Crippen molar-refractivity contribution >= 4 is 35.0 Å². The number of benzene rings is 4. The second-order valence-electron chi connectivity index (χ2n) is 10.1. The van der Waals surface area contributed by atoms with Crippen LogP contribution in [0.4, 0.5) is 29.2 Å². The van der Waals surface area contributed by atoms with Crippen molar-refractivity contribution in [2.24, 2.45) is 0 Å². The van der Waals surface area contributed by atoms with Crippen LogP contribution in [0.3, 0.4) is 0 Å². The highest BCUT2D eigenvalue weighted by Crippen LogP contribution is 2.21. The third kappa shape index (κ3) is 10.1. The van der Waals surface area contributed by atoms with Crippen molar-refractivity contribution in [1.82, 2.24) is 15.0 Å². The number of aromatic nitrogens is 3. The number of nitrogens with one attached hydrogen (secondary N) is 3. The zero-order valence-electron chi connectivity index (χ0n) is 24.9. The van der Waals surface area contributed by atoms with Gasteiger partial charge in [0, 0.05) is 36.5 Å². The number of ketones is 1. The smallest absolute Gasteiger partial charge is 0.233 e. The molecule has 5 aromatic rings. The third-order valence-electron chi connectivity index (χ3n) is 6.70. The van der Waals surface area contributed by atoms with Crippen LogP contribution in [-0.2, 0) is 9.47 Å². The van der Waals surface area contributed by atoms with E-state index < -0.39 is 0 Å². The minimum Gasteiger partial charge on any atom is -0.508 e. The van der Waals surface area contributed by atoms with Gasteiger partial charge in [0.2, 0.25) is 17.8 Å². The van der Waals surface area contributed by atoms with E-state index in [9.17, 15) is 9.90 Å². The van der Waals surface area contributed by atoms with Gasteiger partial charge in [-0.3, -0.25) is 4.79 Å². The molecule has 0 spiro atoms. The number of aromatic hydroxyl groups is 1. The quantitative estimate of drug-likeness (QED) is 0.0508. The second kappa shape index (κ2) is 16.5. The van der Waals surface area contributed by atoms with Gasteiger partial charge in [-0.1, -0.05) is 72.8 Å². The van der Waals surface area contributed by atoms with Crippen LogP contribution in [0.2, 0.25) is 0 Å². The predicted octanol–water partition coefficient (Wildman–Crippen LogP) is 6.84. The first-order chi connectivity index (χ1) is 22.1. The topological polar surface area (TPSA) is 131 Å². The van der Waals surface area contributed by atoms with Crippen molar-refractivity contribution in [2.75, 3.05) is 48.9 Å². The molecule has 1 aromatic heterocycles. The lowest BCUT2D eigenvalue weighted by molar-refractivity contribution is 0.0497. The maximum atomic E-state index is 12.5. The number of carbonyl (C=O) groups is 1. The summed E-state index contributed by atoms with van der Waals surface area (Å²) in [6.45, 7) is 2.27. The molecule has 4 aromatic carbocycles. The van der Waals surface area contributed by atoms with Crippen LogP contribution in [0.1, 0.15) is 23.2 Å². The maximum absolute atomic E-state index is 12.5. The molecule has 4 N–H and O–H groups in total. The molecule has 0 saturated heterocycles. The number of phenolic OH excluding ortho intramolecular Hbond substituents is 1. The highest BCUT2D eigenvalue weighted by Gasteiger charge is 2.09. The molecule has 0 aliphatic carbocycles. The molecule has 0 unspecified atom stereocenters. The Morgan fingerprint density at radius 3 is 1.82 bits per heavy atom. The van der Waals surface area contributed by atoms with E-state index in [1.165, 1.54) is 0 Å². The van der Waals surface area contributed by atoms with E-state index in [-0.39, 0.29) is 11.5 Å². The first kappa shape index (κ1) is 31.1. The molecule has 5 rings (SSSR count). The van der Waals surface area contributed by atoms with Crippen LogP contribution < -0.4 is 16.0 Å². The number of para-hydroxylation sites is 1. The minimum atomic E-state index is 0.113. The first-order valence-corrected chi connectivity index (χ1v) is 14.8. The molecule has 0 radical (unpaired) electrons.